The number of urea groups is 1. The van der Waals surface area contributed by atoms with Crippen molar-refractivity contribution in [2.75, 3.05) is 6.61 Å². The predicted octanol–water partition coefficient (Wildman–Crippen LogP) is 1.94. The molecule has 0 bridgehead atoms. The Bertz CT molecular complexity index is 526. The molecular weight excluding hydrogens is 340 g/mol. The molecule has 7 heteroatoms. The predicted molar refractivity (Wildman–Crippen MR) is 82.0 cm³/mol. The zero-order valence-corrected chi connectivity index (χ0v) is 13.8. The van der Waals surface area contributed by atoms with Crippen molar-refractivity contribution in [2.45, 2.75) is 32.9 Å². The average Bonchev–Trinajstić information content (AvgIpc) is 2.34. The second-order valence-electron chi connectivity index (χ2n) is 5.45. The van der Waals surface area contributed by atoms with Gasteiger partial charge in [-0.2, -0.15) is 0 Å². The quantitative estimate of drug-likeness (QED) is 0.767. The highest BCUT2D eigenvalue weighted by Crippen LogP contribution is 2.23. The molecule has 3 amide bonds. The maximum Gasteiger partial charge on any atom is 0.321 e. The first-order chi connectivity index (χ1) is 9.71. The molecule has 0 aliphatic heterocycles. The summed E-state index contributed by atoms with van der Waals surface area (Å²) in [5.74, 6) is -0.171. The van der Waals surface area contributed by atoms with Gasteiger partial charge in [0.25, 0.3) is 5.91 Å². The molecule has 116 valence electrons. The molecule has 6 nitrogen and oxygen atoms in total. The molecule has 1 aromatic carbocycles. The Morgan fingerprint density at radius 1 is 1.33 bits per heavy atom. The standard InChI is InChI=1S/C14H19BrN2O4/c1-14(2,3)17-13(20)16-12(19)8-21-11-5-4-10(15)6-9(11)7-18/h4-6,18H,7-8H2,1-3H3,(H2,16,17,19,20). The van der Waals surface area contributed by atoms with Crippen LogP contribution in [0.4, 0.5) is 4.79 Å². The van der Waals surface area contributed by atoms with Crippen LogP contribution in [0.2, 0.25) is 0 Å². The number of aliphatic hydroxyl groups is 1. The lowest BCUT2D eigenvalue weighted by atomic mass is 10.1. The minimum atomic E-state index is -0.575. The average molecular weight is 359 g/mol. The maximum absolute atomic E-state index is 11.6. The summed E-state index contributed by atoms with van der Waals surface area (Å²) in [4.78, 5) is 23.1. The van der Waals surface area contributed by atoms with E-state index < -0.39 is 17.5 Å². The van der Waals surface area contributed by atoms with Crippen LogP contribution in [-0.2, 0) is 11.4 Å². The van der Waals surface area contributed by atoms with E-state index in [4.69, 9.17) is 4.74 Å². The van der Waals surface area contributed by atoms with Crippen molar-refractivity contribution in [2.24, 2.45) is 0 Å². The summed E-state index contributed by atoms with van der Waals surface area (Å²) in [5, 5.41) is 14.0. The van der Waals surface area contributed by atoms with E-state index in [1.165, 1.54) is 0 Å². The van der Waals surface area contributed by atoms with E-state index in [0.29, 0.717) is 11.3 Å². The Morgan fingerprint density at radius 2 is 2.00 bits per heavy atom. The Morgan fingerprint density at radius 3 is 2.57 bits per heavy atom. The van der Waals surface area contributed by atoms with Crippen molar-refractivity contribution < 1.29 is 19.4 Å². The van der Waals surface area contributed by atoms with E-state index in [9.17, 15) is 14.7 Å². The summed E-state index contributed by atoms with van der Waals surface area (Å²) in [6.45, 7) is 4.90. The molecule has 0 aliphatic rings. The Labute approximate surface area is 132 Å². The molecule has 0 heterocycles. The smallest absolute Gasteiger partial charge is 0.321 e. The first-order valence-corrected chi connectivity index (χ1v) is 7.14. The lowest BCUT2D eigenvalue weighted by Gasteiger charge is -2.20. The lowest BCUT2D eigenvalue weighted by Crippen LogP contribution is -2.49. The van der Waals surface area contributed by atoms with Gasteiger partial charge in [-0.25, -0.2) is 4.79 Å². The number of halogens is 1. The molecule has 1 aromatic rings. The highest BCUT2D eigenvalue weighted by molar-refractivity contribution is 9.10. The molecule has 0 atom stereocenters. The zero-order chi connectivity index (χ0) is 16.0. The van der Waals surface area contributed by atoms with Gasteiger partial charge in [-0.15, -0.1) is 0 Å². The van der Waals surface area contributed by atoms with Gasteiger partial charge < -0.3 is 15.2 Å². The third kappa shape index (κ3) is 6.59. The first-order valence-electron chi connectivity index (χ1n) is 6.35. The van der Waals surface area contributed by atoms with Crippen molar-refractivity contribution in [3.05, 3.63) is 28.2 Å². The van der Waals surface area contributed by atoms with E-state index in [1.54, 1.807) is 18.2 Å². The van der Waals surface area contributed by atoms with E-state index in [-0.39, 0.29) is 13.2 Å². The molecule has 3 N–H and O–H groups in total. The van der Waals surface area contributed by atoms with Crippen molar-refractivity contribution in [1.29, 1.82) is 0 Å². The van der Waals surface area contributed by atoms with E-state index in [1.807, 2.05) is 20.8 Å². The monoisotopic (exact) mass is 358 g/mol. The van der Waals surface area contributed by atoms with Gasteiger partial charge in [0, 0.05) is 15.6 Å². The van der Waals surface area contributed by atoms with Crippen LogP contribution in [0.5, 0.6) is 5.75 Å². The topological polar surface area (TPSA) is 87.7 Å². The number of hydrogen-bond acceptors (Lipinski definition) is 4. The Hall–Kier alpha value is -1.60. The van der Waals surface area contributed by atoms with Crippen molar-refractivity contribution >= 4 is 27.9 Å². The molecular formula is C14H19BrN2O4. The molecule has 0 saturated heterocycles. The van der Waals surface area contributed by atoms with Crippen molar-refractivity contribution in [3.63, 3.8) is 0 Å². The fourth-order valence-electron chi connectivity index (χ4n) is 1.49. The molecule has 0 radical (unpaired) electrons. The van der Waals surface area contributed by atoms with Gasteiger partial charge in [0.1, 0.15) is 5.75 Å². The summed E-state index contributed by atoms with van der Waals surface area (Å²) >= 11 is 3.28. The molecule has 1 rings (SSSR count). The van der Waals surface area contributed by atoms with Crippen LogP contribution in [-0.4, -0.2) is 29.2 Å². The summed E-state index contributed by atoms with van der Waals surface area (Å²) in [6.07, 6.45) is 0. The number of nitrogens with one attached hydrogen (secondary N) is 2. The number of carbonyl (C=O) groups is 2. The number of rotatable bonds is 4. The fraction of sp³-hybridized carbons (Fsp3) is 0.429. The minimum Gasteiger partial charge on any atom is -0.483 e. The first kappa shape index (κ1) is 17.5. The van der Waals surface area contributed by atoms with E-state index >= 15 is 0 Å². The number of hydrogen-bond donors (Lipinski definition) is 3. The second kappa shape index (κ2) is 7.42. The molecule has 0 spiro atoms. The number of carbonyl (C=O) groups excluding carboxylic acids is 2. The van der Waals surface area contributed by atoms with Crippen LogP contribution in [0.25, 0.3) is 0 Å². The number of benzene rings is 1. The summed E-state index contributed by atoms with van der Waals surface area (Å²) in [7, 11) is 0. The van der Waals surface area contributed by atoms with Crippen LogP contribution < -0.4 is 15.4 Å². The largest absolute Gasteiger partial charge is 0.483 e. The molecule has 0 saturated carbocycles. The number of imide groups is 1. The minimum absolute atomic E-state index is 0.207. The normalized spacial score (nSPS) is 10.9. The molecule has 0 unspecified atom stereocenters. The van der Waals surface area contributed by atoms with Crippen LogP contribution in [0, 0.1) is 0 Å². The third-order valence-corrected chi connectivity index (χ3v) is 2.79. The molecule has 0 aromatic heterocycles. The van der Waals surface area contributed by atoms with Gasteiger partial charge >= 0.3 is 6.03 Å². The number of aliphatic hydroxyl groups excluding tert-OH is 1. The van der Waals surface area contributed by atoms with Crippen LogP contribution in [0.3, 0.4) is 0 Å². The lowest BCUT2D eigenvalue weighted by molar-refractivity contribution is -0.122. The second-order valence-corrected chi connectivity index (χ2v) is 6.37. The zero-order valence-electron chi connectivity index (χ0n) is 12.2. The highest BCUT2D eigenvalue weighted by atomic mass is 79.9. The SMILES string of the molecule is CC(C)(C)NC(=O)NC(=O)COc1ccc(Br)cc1CO. The van der Waals surface area contributed by atoms with Crippen LogP contribution in [0.1, 0.15) is 26.3 Å². The van der Waals surface area contributed by atoms with Crippen molar-refractivity contribution in [3.8, 4) is 5.75 Å². The highest BCUT2D eigenvalue weighted by Gasteiger charge is 2.16. The number of amides is 3. The van der Waals surface area contributed by atoms with Crippen molar-refractivity contribution in [1.82, 2.24) is 10.6 Å². The van der Waals surface area contributed by atoms with Crippen LogP contribution >= 0.6 is 15.9 Å². The third-order valence-electron chi connectivity index (χ3n) is 2.29. The molecule has 21 heavy (non-hydrogen) atoms. The van der Waals surface area contributed by atoms with Gasteiger partial charge in [-0.3, -0.25) is 10.1 Å². The molecule has 0 aliphatic carbocycles. The summed E-state index contributed by atoms with van der Waals surface area (Å²) in [6, 6.07) is 4.49. The van der Waals surface area contributed by atoms with Gasteiger partial charge in [0.2, 0.25) is 0 Å². The van der Waals surface area contributed by atoms with E-state index in [0.717, 1.165) is 4.47 Å². The summed E-state index contributed by atoms with van der Waals surface area (Å²) < 4.78 is 6.10. The van der Waals surface area contributed by atoms with Gasteiger partial charge in [-0.05, 0) is 39.0 Å². The van der Waals surface area contributed by atoms with Gasteiger partial charge in [-0.1, -0.05) is 15.9 Å². The van der Waals surface area contributed by atoms with Gasteiger partial charge in [0.05, 0.1) is 6.61 Å². The Kier molecular flexibility index (Phi) is 6.17. The number of ether oxygens (including phenoxy) is 1. The van der Waals surface area contributed by atoms with Crippen LogP contribution in [0.15, 0.2) is 22.7 Å². The maximum atomic E-state index is 11.6. The van der Waals surface area contributed by atoms with Gasteiger partial charge in [0.15, 0.2) is 6.61 Å². The van der Waals surface area contributed by atoms with E-state index in [2.05, 4.69) is 26.6 Å². The molecule has 0 fully saturated rings. The Balaban J connectivity index is 2.52. The summed E-state index contributed by atoms with van der Waals surface area (Å²) in [5.41, 5.74) is 0.123. The fourth-order valence-corrected chi connectivity index (χ4v) is 1.90.